The van der Waals surface area contributed by atoms with E-state index in [2.05, 4.69) is 52.0 Å². The van der Waals surface area contributed by atoms with E-state index in [4.69, 9.17) is 0 Å². The maximum absolute atomic E-state index is 9.87. The van der Waals surface area contributed by atoms with Crippen molar-refractivity contribution < 1.29 is 5.11 Å². The van der Waals surface area contributed by atoms with Gasteiger partial charge in [-0.25, -0.2) is 0 Å². The Morgan fingerprint density at radius 2 is 1.52 bits per heavy atom. The molecule has 0 radical (unpaired) electrons. The zero-order chi connectivity index (χ0) is 19.3. The highest BCUT2D eigenvalue weighted by Gasteiger charge is 2.18. The highest BCUT2D eigenvalue weighted by molar-refractivity contribution is 5.23. The van der Waals surface area contributed by atoms with Gasteiger partial charge in [0.05, 0.1) is 11.3 Å². The number of pyridine rings is 1. The summed E-state index contributed by atoms with van der Waals surface area (Å²) in [7, 11) is 0. The average Bonchev–Trinajstić information content (AvgIpc) is 2.64. The fraction of sp³-hybridized carbons (Fsp3) is 0.522. The number of piperazine rings is 1. The normalized spacial score (nSPS) is 16.6. The maximum atomic E-state index is 9.87. The number of hydrogen-bond donors (Lipinski definition) is 1. The molecule has 3 rings (SSSR count). The minimum Gasteiger partial charge on any atom is -0.390 e. The number of aliphatic hydroxyl groups is 1. The molecule has 1 aromatic heterocycles. The van der Waals surface area contributed by atoms with Crippen LogP contribution in [0, 0.1) is 6.92 Å². The van der Waals surface area contributed by atoms with Crippen LogP contribution in [0.4, 0.5) is 0 Å². The SMILES string of the molecule is Cc1cccnc1CN1CCN(Cc2ccc(CCC(C)(C)O)cc2)CC1. The van der Waals surface area contributed by atoms with Crippen LogP contribution in [0.3, 0.4) is 0 Å². The van der Waals surface area contributed by atoms with E-state index in [9.17, 15) is 5.11 Å². The van der Waals surface area contributed by atoms with Gasteiger partial charge < -0.3 is 5.11 Å². The molecule has 1 aliphatic heterocycles. The molecule has 0 bridgehead atoms. The molecule has 0 saturated carbocycles. The molecule has 4 heteroatoms. The number of aromatic nitrogens is 1. The molecular formula is C23H33N3O. The second-order valence-electron chi connectivity index (χ2n) is 8.45. The molecule has 1 saturated heterocycles. The van der Waals surface area contributed by atoms with Crippen LogP contribution in [0.15, 0.2) is 42.6 Å². The van der Waals surface area contributed by atoms with Crippen molar-refractivity contribution in [2.24, 2.45) is 0 Å². The highest BCUT2D eigenvalue weighted by Crippen LogP contribution is 2.16. The van der Waals surface area contributed by atoms with E-state index in [0.717, 1.165) is 52.1 Å². The molecule has 0 aliphatic carbocycles. The van der Waals surface area contributed by atoms with E-state index in [1.165, 1.54) is 22.4 Å². The van der Waals surface area contributed by atoms with Crippen molar-refractivity contribution in [1.82, 2.24) is 14.8 Å². The summed E-state index contributed by atoms with van der Waals surface area (Å²) in [4.78, 5) is 9.57. The van der Waals surface area contributed by atoms with Crippen LogP contribution in [0.1, 0.15) is 42.7 Å². The van der Waals surface area contributed by atoms with Gasteiger partial charge in [-0.15, -0.1) is 0 Å². The lowest BCUT2D eigenvalue weighted by Gasteiger charge is -2.34. The zero-order valence-corrected chi connectivity index (χ0v) is 17.0. The molecule has 1 aliphatic rings. The largest absolute Gasteiger partial charge is 0.390 e. The van der Waals surface area contributed by atoms with Gasteiger partial charge in [0.25, 0.3) is 0 Å². The molecule has 2 aromatic rings. The number of rotatable bonds is 7. The van der Waals surface area contributed by atoms with Crippen molar-refractivity contribution in [2.45, 2.75) is 52.3 Å². The summed E-state index contributed by atoms with van der Waals surface area (Å²) < 4.78 is 0. The van der Waals surface area contributed by atoms with Crippen molar-refractivity contribution in [2.75, 3.05) is 26.2 Å². The Morgan fingerprint density at radius 3 is 2.11 bits per heavy atom. The minimum atomic E-state index is -0.591. The number of aryl methyl sites for hydroxylation is 2. The lowest BCUT2D eigenvalue weighted by Crippen LogP contribution is -2.45. The summed E-state index contributed by atoms with van der Waals surface area (Å²) in [6, 6.07) is 13.0. The van der Waals surface area contributed by atoms with E-state index < -0.39 is 5.60 Å². The number of hydrogen-bond acceptors (Lipinski definition) is 4. The second-order valence-corrected chi connectivity index (χ2v) is 8.45. The van der Waals surface area contributed by atoms with Crippen LogP contribution in [0.2, 0.25) is 0 Å². The molecule has 146 valence electrons. The van der Waals surface area contributed by atoms with Crippen molar-refractivity contribution in [3.63, 3.8) is 0 Å². The van der Waals surface area contributed by atoms with Crippen LogP contribution in [0.5, 0.6) is 0 Å². The topological polar surface area (TPSA) is 39.6 Å². The minimum absolute atomic E-state index is 0.591. The number of nitrogens with zero attached hydrogens (tertiary/aromatic N) is 3. The smallest absolute Gasteiger partial charge is 0.0594 e. The molecule has 2 heterocycles. The highest BCUT2D eigenvalue weighted by atomic mass is 16.3. The molecule has 0 unspecified atom stereocenters. The Bertz CT molecular complexity index is 713. The Labute approximate surface area is 163 Å². The Kier molecular flexibility index (Phi) is 6.64. The Balaban J connectivity index is 1.44. The third kappa shape index (κ3) is 6.42. The molecule has 27 heavy (non-hydrogen) atoms. The van der Waals surface area contributed by atoms with Crippen molar-refractivity contribution in [3.8, 4) is 0 Å². The molecule has 1 N–H and O–H groups in total. The third-order valence-electron chi connectivity index (χ3n) is 5.41. The first-order valence-electron chi connectivity index (χ1n) is 10.0. The van der Waals surface area contributed by atoms with Gasteiger partial charge in [0.2, 0.25) is 0 Å². The van der Waals surface area contributed by atoms with Gasteiger partial charge >= 0.3 is 0 Å². The van der Waals surface area contributed by atoms with Gasteiger partial charge in [0.1, 0.15) is 0 Å². The molecule has 0 spiro atoms. The third-order valence-corrected chi connectivity index (χ3v) is 5.41. The van der Waals surface area contributed by atoms with Gasteiger partial charge in [0, 0.05) is 45.5 Å². The molecule has 1 aromatic carbocycles. The summed E-state index contributed by atoms with van der Waals surface area (Å²) in [5.41, 5.74) is 4.57. The van der Waals surface area contributed by atoms with Crippen molar-refractivity contribution in [1.29, 1.82) is 0 Å². The fourth-order valence-corrected chi connectivity index (χ4v) is 3.52. The molecule has 1 fully saturated rings. The van der Waals surface area contributed by atoms with Gasteiger partial charge in [-0.05, 0) is 56.4 Å². The quantitative estimate of drug-likeness (QED) is 0.814. The molecule has 0 atom stereocenters. The van der Waals surface area contributed by atoms with Crippen LogP contribution in [0.25, 0.3) is 0 Å². The first kappa shape index (κ1) is 20.0. The van der Waals surface area contributed by atoms with Gasteiger partial charge in [-0.3, -0.25) is 14.8 Å². The summed E-state index contributed by atoms with van der Waals surface area (Å²) in [5.74, 6) is 0. The monoisotopic (exact) mass is 367 g/mol. The lowest BCUT2D eigenvalue weighted by atomic mass is 9.98. The van der Waals surface area contributed by atoms with E-state index in [1.54, 1.807) is 0 Å². The summed E-state index contributed by atoms with van der Waals surface area (Å²) >= 11 is 0. The molecule has 4 nitrogen and oxygen atoms in total. The lowest BCUT2D eigenvalue weighted by molar-refractivity contribution is 0.0714. The van der Waals surface area contributed by atoms with Crippen LogP contribution >= 0.6 is 0 Å². The first-order chi connectivity index (χ1) is 12.9. The summed E-state index contributed by atoms with van der Waals surface area (Å²) in [6.45, 7) is 12.3. The van der Waals surface area contributed by atoms with Crippen molar-refractivity contribution >= 4 is 0 Å². The Hall–Kier alpha value is -1.75. The van der Waals surface area contributed by atoms with Gasteiger partial charge in [-0.1, -0.05) is 30.3 Å². The standard InChI is InChI=1S/C23H33N3O/c1-19-5-4-12-24-22(19)18-26-15-13-25(14-16-26)17-21-8-6-20(7-9-21)10-11-23(2,3)27/h4-9,12,27H,10-11,13-18H2,1-3H3. The van der Waals surface area contributed by atoms with E-state index in [1.807, 2.05) is 26.1 Å². The van der Waals surface area contributed by atoms with Gasteiger partial charge in [-0.2, -0.15) is 0 Å². The maximum Gasteiger partial charge on any atom is 0.0594 e. The second kappa shape index (κ2) is 8.96. The van der Waals surface area contributed by atoms with Crippen LogP contribution < -0.4 is 0 Å². The zero-order valence-electron chi connectivity index (χ0n) is 17.0. The number of benzene rings is 1. The molecular weight excluding hydrogens is 334 g/mol. The summed E-state index contributed by atoms with van der Waals surface area (Å²) in [6.07, 6.45) is 3.61. The van der Waals surface area contributed by atoms with E-state index >= 15 is 0 Å². The van der Waals surface area contributed by atoms with Crippen molar-refractivity contribution in [3.05, 3.63) is 65.0 Å². The predicted octanol–water partition coefficient (Wildman–Crippen LogP) is 3.41. The average molecular weight is 368 g/mol. The van der Waals surface area contributed by atoms with E-state index in [0.29, 0.717) is 0 Å². The first-order valence-corrected chi connectivity index (χ1v) is 10.0. The summed E-state index contributed by atoms with van der Waals surface area (Å²) in [5, 5.41) is 9.87. The fourth-order valence-electron chi connectivity index (χ4n) is 3.52. The van der Waals surface area contributed by atoms with Crippen LogP contribution in [-0.2, 0) is 19.5 Å². The predicted molar refractivity (Wildman–Crippen MR) is 111 cm³/mol. The van der Waals surface area contributed by atoms with E-state index in [-0.39, 0.29) is 0 Å². The Morgan fingerprint density at radius 1 is 0.926 bits per heavy atom. The van der Waals surface area contributed by atoms with Gasteiger partial charge in [0.15, 0.2) is 0 Å². The van der Waals surface area contributed by atoms with Crippen LogP contribution in [-0.4, -0.2) is 51.7 Å². The molecule has 0 amide bonds.